The Morgan fingerprint density at radius 1 is 1.19 bits per heavy atom. The van der Waals surface area contributed by atoms with E-state index in [1.54, 1.807) is 17.2 Å². The molecule has 2 aliphatic heterocycles. The fourth-order valence-electron chi connectivity index (χ4n) is 4.55. The number of fused-ring (bicyclic) bond motifs is 2. The van der Waals surface area contributed by atoms with E-state index in [0.717, 1.165) is 0 Å². The second-order valence-electron chi connectivity index (χ2n) is 9.97. The molecule has 2 aliphatic rings. The Kier molecular flexibility index (Phi) is 6.53. The van der Waals surface area contributed by atoms with Crippen LogP contribution >= 0.6 is 0 Å². The van der Waals surface area contributed by atoms with Crippen LogP contribution in [0.15, 0.2) is 24.7 Å². The van der Waals surface area contributed by atoms with Crippen LogP contribution in [0.1, 0.15) is 50.9 Å². The van der Waals surface area contributed by atoms with Gasteiger partial charge in [-0.3, -0.25) is 4.79 Å². The van der Waals surface area contributed by atoms with E-state index in [1.165, 1.54) is 6.33 Å². The number of ether oxygens (including phenoxy) is 4. The predicted molar refractivity (Wildman–Crippen MR) is 135 cm³/mol. The molecule has 0 aliphatic carbocycles. The van der Waals surface area contributed by atoms with E-state index in [4.69, 9.17) is 18.9 Å². The van der Waals surface area contributed by atoms with Crippen molar-refractivity contribution in [2.45, 2.75) is 52.2 Å². The summed E-state index contributed by atoms with van der Waals surface area (Å²) in [5, 5.41) is 3.09. The average molecular weight is 510 g/mol. The van der Waals surface area contributed by atoms with Crippen molar-refractivity contribution >= 4 is 23.0 Å². The predicted octanol–water partition coefficient (Wildman–Crippen LogP) is 3.88. The number of rotatable bonds is 5. The number of nitrogens with zero attached hydrogens (tertiary/aromatic N) is 3. The van der Waals surface area contributed by atoms with Crippen LogP contribution in [0.2, 0.25) is 0 Å². The smallest absolute Gasteiger partial charge is 0.410 e. The van der Waals surface area contributed by atoms with E-state index in [2.05, 4.69) is 20.3 Å². The molecule has 0 radical (unpaired) electrons. The van der Waals surface area contributed by atoms with Crippen molar-refractivity contribution in [2.75, 3.05) is 26.5 Å². The van der Waals surface area contributed by atoms with E-state index >= 15 is 0 Å². The van der Waals surface area contributed by atoms with Crippen LogP contribution in [0.5, 0.6) is 17.2 Å². The maximum atomic E-state index is 13.2. The van der Waals surface area contributed by atoms with Crippen LogP contribution in [0, 0.1) is 0 Å². The number of amides is 2. The molecule has 11 nitrogen and oxygen atoms in total. The molecule has 0 unspecified atom stereocenters. The highest BCUT2D eigenvalue weighted by Crippen LogP contribution is 2.47. The second kappa shape index (κ2) is 9.79. The third kappa shape index (κ3) is 4.98. The van der Waals surface area contributed by atoms with Gasteiger partial charge in [-0.25, -0.2) is 14.8 Å². The number of H-pyrrole nitrogens is 1. The molecule has 3 aromatic rings. The number of nitrogens with one attached hydrogen (secondary N) is 2. The van der Waals surface area contributed by atoms with Crippen LogP contribution in [-0.2, 0) is 4.74 Å². The van der Waals surface area contributed by atoms with Crippen molar-refractivity contribution in [3.05, 3.63) is 30.2 Å². The molecule has 2 aromatic heterocycles. The molecule has 0 saturated carbocycles. The Morgan fingerprint density at radius 3 is 2.70 bits per heavy atom. The first-order valence-corrected chi connectivity index (χ1v) is 12.4. The van der Waals surface area contributed by atoms with Crippen LogP contribution < -0.4 is 19.5 Å². The van der Waals surface area contributed by atoms with Gasteiger partial charge >= 0.3 is 6.09 Å². The van der Waals surface area contributed by atoms with Crippen molar-refractivity contribution in [1.82, 2.24) is 25.2 Å². The summed E-state index contributed by atoms with van der Waals surface area (Å²) in [7, 11) is 0. The topological polar surface area (TPSA) is 128 Å². The van der Waals surface area contributed by atoms with Crippen molar-refractivity contribution in [1.29, 1.82) is 0 Å². The van der Waals surface area contributed by atoms with Gasteiger partial charge in [0.25, 0.3) is 5.91 Å². The molecule has 0 atom stereocenters. The molecule has 1 aromatic carbocycles. The summed E-state index contributed by atoms with van der Waals surface area (Å²) >= 11 is 0. The summed E-state index contributed by atoms with van der Waals surface area (Å²) in [6.07, 6.45) is 4.00. The molecule has 1 fully saturated rings. The zero-order valence-corrected chi connectivity index (χ0v) is 21.4. The summed E-state index contributed by atoms with van der Waals surface area (Å²) in [6.45, 7) is 9.04. The second-order valence-corrected chi connectivity index (χ2v) is 9.97. The highest BCUT2D eigenvalue weighted by molar-refractivity contribution is 6.08. The molecule has 2 N–H and O–H groups in total. The summed E-state index contributed by atoms with van der Waals surface area (Å²) < 4.78 is 22.6. The van der Waals surface area contributed by atoms with Gasteiger partial charge in [0, 0.05) is 25.3 Å². The Bertz CT molecular complexity index is 1320. The maximum Gasteiger partial charge on any atom is 0.410 e. The first kappa shape index (κ1) is 24.7. The van der Waals surface area contributed by atoms with Crippen LogP contribution in [0.25, 0.3) is 22.3 Å². The summed E-state index contributed by atoms with van der Waals surface area (Å²) in [5.41, 5.74) is 2.16. The molecule has 0 bridgehead atoms. The Balaban J connectivity index is 1.35. The number of hydrogen-bond donors (Lipinski definition) is 2. The van der Waals surface area contributed by atoms with Gasteiger partial charge in [0.1, 0.15) is 28.9 Å². The fraction of sp³-hybridized carbons (Fsp3) is 0.462. The lowest BCUT2D eigenvalue weighted by Gasteiger charge is -2.33. The summed E-state index contributed by atoms with van der Waals surface area (Å²) in [6, 6.07) is 3.56. The van der Waals surface area contributed by atoms with Gasteiger partial charge in [-0.2, -0.15) is 0 Å². The normalized spacial score (nSPS) is 15.6. The molecular formula is C26H31N5O6. The van der Waals surface area contributed by atoms with E-state index in [1.807, 2.05) is 33.8 Å². The van der Waals surface area contributed by atoms with Gasteiger partial charge in [-0.1, -0.05) is 0 Å². The minimum atomic E-state index is -0.541. The monoisotopic (exact) mass is 509 g/mol. The molecule has 5 rings (SSSR count). The first-order chi connectivity index (χ1) is 17.7. The number of hydrogen-bond acceptors (Lipinski definition) is 8. The summed E-state index contributed by atoms with van der Waals surface area (Å²) in [4.78, 5) is 39.3. The lowest BCUT2D eigenvalue weighted by Crippen LogP contribution is -2.47. The number of carbonyl (C=O) groups excluding carboxylic acids is 2. The SMILES string of the molecule is CCOc1ccc2c(c1-c1ncnc3c(C(=O)NC4CCN(C(=O)OC(C)(C)C)CC4)c[nH]c13)OCO2. The number of aromatic nitrogens is 3. The molecule has 196 valence electrons. The van der Waals surface area contributed by atoms with Gasteiger partial charge < -0.3 is 34.1 Å². The number of likely N-dealkylation sites (tertiary alicyclic amines) is 1. The molecule has 0 spiro atoms. The zero-order valence-electron chi connectivity index (χ0n) is 21.4. The van der Waals surface area contributed by atoms with Gasteiger partial charge in [0.15, 0.2) is 11.5 Å². The van der Waals surface area contributed by atoms with E-state index in [0.29, 0.717) is 77.6 Å². The van der Waals surface area contributed by atoms with Crippen LogP contribution in [0.4, 0.5) is 4.79 Å². The highest BCUT2D eigenvalue weighted by Gasteiger charge is 2.30. The Hall–Kier alpha value is -4.02. The average Bonchev–Trinajstić information content (AvgIpc) is 3.51. The van der Waals surface area contributed by atoms with Crippen molar-refractivity contribution < 1.29 is 28.5 Å². The molecule has 1 saturated heterocycles. The Labute approximate surface area is 214 Å². The minimum Gasteiger partial charge on any atom is -0.493 e. The van der Waals surface area contributed by atoms with E-state index < -0.39 is 5.60 Å². The molecule has 2 amide bonds. The third-order valence-electron chi connectivity index (χ3n) is 6.23. The maximum absolute atomic E-state index is 13.2. The molecular weight excluding hydrogens is 478 g/mol. The fourth-order valence-corrected chi connectivity index (χ4v) is 4.55. The number of carbonyl (C=O) groups is 2. The van der Waals surface area contributed by atoms with E-state index in [9.17, 15) is 9.59 Å². The molecule has 11 heteroatoms. The summed E-state index contributed by atoms with van der Waals surface area (Å²) in [5.74, 6) is 1.51. The lowest BCUT2D eigenvalue weighted by atomic mass is 10.0. The number of piperidine rings is 1. The number of benzene rings is 1. The highest BCUT2D eigenvalue weighted by atomic mass is 16.7. The van der Waals surface area contributed by atoms with E-state index in [-0.39, 0.29) is 24.8 Å². The Morgan fingerprint density at radius 2 is 1.97 bits per heavy atom. The van der Waals surface area contributed by atoms with Gasteiger partial charge in [0.2, 0.25) is 6.79 Å². The third-order valence-corrected chi connectivity index (χ3v) is 6.23. The standard InChI is InChI=1S/C26H31N5O6/c1-5-34-17-6-7-18-23(36-14-35-18)19(17)21-22-20(28-13-29-21)16(12-27-22)24(32)30-15-8-10-31(11-9-15)25(33)37-26(2,3)4/h6-7,12-13,15,27H,5,8-11,14H2,1-4H3,(H,30,32). The molecule has 37 heavy (non-hydrogen) atoms. The van der Waals surface area contributed by atoms with Crippen molar-refractivity contribution in [3.63, 3.8) is 0 Å². The van der Waals surface area contributed by atoms with Crippen molar-refractivity contribution in [3.8, 4) is 28.5 Å². The van der Waals surface area contributed by atoms with Crippen LogP contribution in [0.3, 0.4) is 0 Å². The van der Waals surface area contributed by atoms with Crippen molar-refractivity contribution in [2.24, 2.45) is 0 Å². The van der Waals surface area contributed by atoms with Gasteiger partial charge in [-0.05, 0) is 52.7 Å². The zero-order chi connectivity index (χ0) is 26.2. The van der Waals surface area contributed by atoms with Crippen LogP contribution in [-0.4, -0.2) is 70.0 Å². The number of aromatic amines is 1. The first-order valence-electron chi connectivity index (χ1n) is 12.4. The minimum absolute atomic E-state index is 0.0649. The largest absolute Gasteiger partial charge is 0.493 e. The lowest BCUT2D eigenvalue weighted by molar-refractivity contribution is 0.0199. The molecule has 4 heterocycles. The quantitative estimate of drug-likeness (QED) is 0.530. The van der Waals surface area contributed by atoms with Gasteiger partial charge in [-0.15, -0.1) is 0 Å². The van der Waals surface area contributed by atoms with Gasteiger partial charge in [0.05, 0.1) is 23.3 Å².